The molecule has 0 radical (unpaired) electrons. The van der Waals surface area contributed by atoms with E-state index in [4.69, 9.17) is 4.43 Å². The second-order valence-corrected chi connectivity index (χ2v) is 9.19. The third-order valence-electron chi connectivity index (χ3n) is 2.13. The SMILES string of the molecule is C/C(=C\CO[Si](C)(C)C)c1ccccc1. The lowest BCUT2D eigenvalue weighted by Crippen LogP contribution is -2.25. The Hall–Kier alpha value is -0.863. The van der Waals surface area contributed by atoms with Gasteiger partial charge in [0.25, 0.3) is 0 Å². The van der Waals surface area contributed by atoms with Crippen molar-refractivity contribution >= 4 is 13.9 Å². The standard InChI is InChI=1S/C13H20OSi/c1-12(10-11-14-15(2,3)4)13-8-6-5-7-9-13/h5-10H,11H2,1-4H3/b12-10+. The average Bonchev–Trinajstić information content (AvgIpc) is 2.17. The largest absolute Gasteiger partial charge is 0.414 e. The molecule has 0 N–H and O–H groups in total. The van der Waals surface area contributed by atoms with Crippen molar-refractivity contribution in [1.82, 2.24) is 0 Å². The molecule has 0 unspecified atom stereocenters. The van der Waals surface area contributed by atoms with Crippen LogP contribution in [0.4, 0.5) is 0 Å². The number of hydrogen-bond donors (Lipinski definition) is 0. The Morgan fingerprint density at radius 1 is 1.20 bits per heavy atom. The van der Waals surface area contributed by atoms with Crippen LogP contribution in [0.1, 0.15) is 12.5 Å². The van der Waals surface area contributed by atoms with E-state index in [0.29, 0.717) is 0 Å². The van der Waals surface area contributed by atoms with Crippen molar-refractivity contribution in [1.29, 1.82) is 0 Å². The van der Waals surface area contributed by atoms with Gasteiger partial charge in [0.2, 0.25) is 0 Å². The molecule has 0 fully saturated rings. The second kappa shape index (κ2) is 5.28. The normalized spacial score (nSPS) is 12.9. The number of hydrogen-bond acceptors (Lipinski definition) is 1. The van der Waals surface area contributed by atoms with Gasteiger partial charge in [-0.1, -0.05) is 36.4 Å². The van der Waals surface area contributed by atoms with Gasteiger partial charge in [-0.15, -0.1) is 0 Å². The zero-order valence-electron chi connectivity index (χ0n) is 10.1. The van der Waals surface area contributed by atoms with Gasteiger partial charge < -0.3 is 4.43 Å². The van der Waals surface area contributed by atoms with Crippen LogP contribution >= 0.6 is 0 Å². The Labute approximate surface area is 93.9 Å². The van der Waals surface area contributed by atoms with Crippen molar-refractivity contribution in [2.45, 2.75) is 26.6 Å². The monoisotopic (exact) mass is 220 g/mol. The fourth-order valence-corrected chi connectivity index (χ4v) is 1.82. The van der Waals surface area contributed by atoms with Crippen molar-refractivity contribution in [2.24, 2.45) is 0 Å². The molecule has 0 spiro atoms. The molecule has 0 heterocycles. The average molecular weight is 220 g/mol. The Kier molecular flexibility index (Phi) is 4.30. The summed E-state index contributed by atoms with van der Waals surface area (Å²) in [5, 5.41) is 0. The lowest BCUT2D eigenvalue weighted by Gasteiger charge is -2.15. The Morgan fingerprint density at radius 3 is 2.33 bits per heavy atom. The molecule has 0 aromatic heterocycles. The van der Waals surface area contributed by atoms with Crippen molar-refractivity contribution < 1.29 is 4.43 Å². The molecular weight excluding hydrogens is 200 g/mol. The molecular formula is C13H20OSi. The molecule has 0 saturated carbocycles. The van der Waals surface area contributed by atoms with E-state index in [0.717, 1.165) is 6.61 Å². The number of rotatable bonds is 4. The highest BCUT2D eigenvalue weighted by Crippen LogP contribution is 2.13. The van der Waals surface area contributed by atoms with Gasteiger partial charge in [-0.25, -0.2) is 0 Å². The molecule has 0 aliphatic carbocycles. The first kappa shape index (κ1) is 12.2. The molecule has 1 aromatic carbocycles. The highest BCUT2D eigenvalue weighted by atomic mass is 28.4. The summed E-state index contributed by atoms with van der Waals surface area (Å²) >= 11 is 0. The lowest BCUT2D eigenvalue weighted by molar-refractivity contribution is 0.358. The van der Waals surface area contributed by atoms with Gasteiger partial charge in [-0.2, -0.15) is 0 Å². The smallest absolute Gasteiger partial charge is 0.184 e. The van der Waals surface area contributed by atoms with Crippen LogP contribution < -0.4 is 0 Å². The quantitative estimate of drug-likeness (QED) is 0.698. The van der Waals surface area contributed by atoms with Gasteiger partial charge in [-0.3, -0.25) is 0 Å². The molecule has 15 heavy (non-hydrogen) atoms. The summed E-state index contributed by atoms with van der Waals surface area (Å²) in [6.07, 6.45) is 2.16. The van der Waals surface area contributed by atoms with Crippen LogP contribution in [0.15, 0.2) is 36.4 Å². The summed E-state index contributed by atoms with van der Waals surface area (Å²) in [4.78, 5) is 0. The van der Waals surface area contributed by atoms with Gasteiger partial charge in [-0.05, 0) is 37.7 Å². The third-order valence-corrected chi connectivity index (χ3v) is 3.17. The fraction of sp³-hybridized carbons (Fsp3) is 0.385. The molecule has 2 heteroatoms. The van der Waals surface area contributed by atoms with Gasteiger partial charge in [0.15, 0.2) is 8.32 Å². The second-order valence-electron chi connectivity index (χ2n) is 4.68. The molecule has 1 nitrogen and oxygen atoms in total. The third kappa shape index (κ3) is 4.95. The zero-order valence-corrected chi connectivity index (χ0v) is 11.1. The van der Waals surface area contributed by atoms with Crippen LogP contribution in [0.5, 0.6) is 0 Å². The van der Waals surface area contributed by atoms with Gasteiger partial charge in [0.05, 0.1) is 6.61 Å². The molecule has 82 valence electrons. The van der Waals surface area contributed by atoms with Crippen LogP contribution in [0.25, 0.3) is 5.57 Å². The van der Waals surface area contributed by atoms with Crippen molar-refractivity contribution in [3.63, 3.8) is 0 Å². The zero-order chi connectivity index (χ0) is 11.3. The Balaban J connectivity index is 2.54. The summed E-state index contributed by atoms with van der Waals surface area (Å²) in [7, 11) is -1.37. The van der Waals surface area contributed by atoms with E-state index in [-0.39, 0.29) is 0 Å². The minimum atomic E-state index is -1.37. The van der Waals surface area contributed by atoms with Gasteiger partial charge in [0, 0.05) is 0 Å². The molecule has 0 aliphatic rings. The van der Waals surface area contributed by atoms with Crippen LogP contribution in [-0.4, -0.2) is 14.9 Å². The van der Waals surface area contributed by atoms with Crippen LogP contribution in [0.3, 0.4) is 0 Å². The van der Waals surface area contributed by atoms with E-state index in [1.54, 1.807) is 0 Å². The summed E-state index contributed by atoms with van der Waals surface area (Å²) in [5.74, 6) is 0. The molecule has 0 amide bonds. The molecule has 1 aromatic rings. The predicted molar refractivity (Wildman–Crippen MR) is 69.4 cm³/mol. The summed E-state index contributed by atoms with van der Waals surface area (Å²) in [6, 6.07) is 10.4. The highest BCUT2D eigenvalue weighted by Gasteiger charge is 2.12. The first-order chi connectivity index (χ1) is 6.99. The molecule has 1 rings (SSSR count). The topological polar surface area (TPSA) is 9.23 Å². The van der Waals surface area contributed by atoms with E-state index < -0.39 is 8.32 Å². The maximum absolute atomic E-state index is 5.78. The Bertz CT molecular complexity index is 322. The van der Waals surface area contributed by atoms with Crippen LogP contribution in [0, 0.1) is 0 Å². The molecule has 0 saturated heterocycles. The minimum absolute atomic E-state index is 0.733. The van der Waals surface area contributed by atoms with Crippen LogP contribution in [0.2, 0.25) is 19.6 Å². The predicted octanol–water partition coefficient (Wildman–Crippen LogP) is 3.94. The van der Waals surface area contributed by atoms with E-state index in [1.165, 1.54) is 11.1 Å². The van der Waals surface area contributed by atoms with E-state index in [2.05, 4.69) is 56.9 Å². The van der Waals surface area contributed by atoms with Crippen molar-refractivity contribution in [3.8, 4) is 0 Å². The van der Waals surface area contributed by atoms with E-state index >= 15 is 0 Å². The minimum Gasteiger partial charge on any atom is -0.414 e. The summed E-state index contributed by atoms with van der Waals surface area (Å²) in [5.41, 5.74) is 2.56. The maximum atomic E-state index is 5.78. The van der Waals surface area contributed by atoms with Crippen molar-refractivity contribution in [2.75, 3.05) is 6.61 Å². The summed E-state index contributed by atoms with van der Waals surface area (Å²) < 4.78 is 5.78. The molecule has 0 atom stereocenters. The van der Waals surface area contributed by atoms with Gasteiger partial charge >= 0.3 is 0 Å². The summed E-state index contributed by atoms with van der Waals surface area (Å²) in [6.45, 7) is 9.48. The first-order valence-corrected chi connectivity index (χ1v) is 8.76. The highest BCUT2D eigenvalue weighted by molar-refractivity contribution is 6.69. The van der Waals surface area contributed by atoms with Crippen molar-refractivity contribution in [3.05, 3.63) is 42.0 Å². The molecule has 0 bridgehead atoms. The number of allylic oxidation sites excluding steroid dienone is 1. The van der Waals surface area contributed by atoms with Crippen LogP contribution in [-0.2, 0) is 4.43 Å². The number of benzene rings is 1. The fourth-order valence-electron chi connectivity index (χ4n) is 1.24. The van der Waals surface area contributed by atoms with E-state index in [9.17, 15) is 0 Å². The first-order valence-electron chi connectivity index (χ1n) is 5.35. The van der Waals surface area contributed by atoms with Gasteiger partial charge in [0.1, 0.15) is 0 Å². The Morgan fingerprint density at radius 2 is 1.80 bits per heavy atom. The maximum Gasteiger partial charge on any atom is 0.184 e. The molecule has 0 aliphatic heterocycles. The van der Waals surface area contributed by atoms with E-state index in [1.807, 2.05) is 6.07 Å². The lowest BCUT2D eigenvalue weighted by atomic mass is 10.1.